The first-order valence-electron chi connectivity index (χ1n) is 10.5. The standard InChI is InChI=1S/C22H30N4O3/c1-12-8-9-25(17(10-12)21(28)29)20(27)15-11-16(14-6-7-14)23-19-18(15)13(2)24-26(19)22(3,4)5/h11-12,14,17H,6-10H2,1-5H3,(H,28,29). The number of amides is 1. The zero-order valence-electron chi connectivity index (χ0n) is 17.9. The van der Waals surface area contributed by atoms with Crippen molar-refractivity contribution >= 4 is 22.9 Å². The van der Waals surface area contributed by atoms with E-state index in [-0.39, 0.29) is 11.4 Å². The van der Waals surface area contributed by atoms with E-state index < -0.39 is 12.0 Å². The van der Waals surface area contributed by atoms with Gasteiger partial charge in [0, 0.05) is 18.2 Å². The number of hydrogen-bond acceptors (Lipinski definition) is 4. The second-order valence-corrected chi connectivity index (χ2v) is 9.72. The first kappa shape index (κ1) is 19.9. The normalized spacial score (nSPS) is 22.9. The van der Waals surface area contributed by atoms with Gasteiger partial charge >= 0.3 is 5.97 Å². The number of aromatic nitrogens is 3. The molecule has 7 heteroatoms. The Balaban J connectivity index is 1.87. The van der Waals surface area contributed by atoms with Crippen molar-refractivity contribution in [3.8, 4) is 0 Å². The lowest BCUT2D eigenvalue weighted by Gasteiger charge is -2.36. The van der Waals surface area contributed by atoms with Crippen molar-refractivity contribution in [2.75, 3.05) is 6.54 Å². The highest BCUT2D eigenvalue weighted by Gasteiger charge is 2.37. The van der Waals surface area contributed by atoms with Crippen LogP contribution in [0.2, 0.25) is 0 Å². The van der Waals surface area contributed by atoms with Crippen LogP contribution < -0.4 is 0 Å². The van der Waals surface area contributed by atoms with Gasteiger partial charge in [0.15, 0.2) is 5.65 Å². The molecule has 2 aliphatic rings. The molecule has 2 fully saturated rings. The zero-order valence-corrected chi connectivity index (χ0v) is 17.9. The summed E-state index contributed by atoms with van der Waals surface area (Å²) >= 11 is 0. The number of nitrogens with zero attached hydrogens (tertiary/aromatic N) is 4. The predicted molar refractivity (Wildman–Crippen MR) is 110 cm³/mol. The summed E-state index contributed by atoms with van der Waals surface area (Å²) in [6.45, 7) is 10.6. The molecule has 0 spiro atoms. The van der Waals surface area contributed by atoms with E-state index in [1.807, 2.05) is 24.6 Å². The number of carboxylic acids is 1. The SMILES string of the molecule is Cc1nn(C(C)(C)C)c2nc(C3CC3)cc(C(=O)N3CCC(C)CC3C(=O)O)c12. The summed E-state index contributed by atoms with van der Waals surface area (Å²) in [7, 11) is 0. The van der Waals surface area contributed by atoms with Gasteiger partial charge in [-0.05, 0) is 65.4 Å². The largest absolute Gasteiger partial charge is 0.480 e. The fourth-order valence-electron chi connectivity index (χ4n) is 4.31. The van der Waals surface area contributed by atoms with Crippen LogP contribution in [0.5, 0.6) is 0 Å². The fourth-order valence-corrected chi connectivity index (χ4v) is 4.31. The van der Waals surface area contributed by atoms with E-state index in [0.717, 1.165) is 41.7 Å². The molecule has 2 atom stereocenters. The van der Waals surface area contributed by atoms with E-state index in [9.17, 15) is 14.7 Å². The summed E-state index contributed by atoms with van der Waals surface area (Å²) in [6, 6.07) is 1.11. The van der Waals surface area contributed by atoms with Crippen LogP contribution in [0.3, 0.4) is 0 Å². The van der Waals surface area contributed by atoms with Gasteiger partial charge in [-0.2, -0.15) is 5.10 Å². The molecule has 2 aromatic rings. The lowest BCUT2D eigenvalue weighted by molar-refractivity contribution is -0.144. The minimum absolute atomic E-state index is 0.213. The maximum Gasteiger partial charge on any atom is 0.326 e. The molecule has 2 aromatic heterocycles. The Labute approximate surface area is 171 Å². The number of pyridine rings is 1. The molecule has 1 saturated heterocycles. The van der Waals surface area contributed by atoms with E-state index in [2.05, 4.69) is 20.8 Å². The summed E-state index contributed by atoms with van der Waals surface area (Å²) < 4.78 is 1.90. The molecule has 29 heavy (non-hydrogen) atoms. The Morgan fingerprint density at radius 3 is 2.48 bits per heavy atom. The van der Waals surface area contributed by atoms with Crippen molar-refractivity contribution in [1.82, 2.24) is 19.7 Å². The van der Waals surface area contributed by atoms with Crippen LogP contribution in [0.25, 0.3) is 11.0 Å². The third kappa shape index (κ3) is 3.51. The molecule has 1 aliphatic heterocycles. The number of aryl methyl sites for hydroxylation is 1. The third-order valence-corrected chi connectivity index (χ3v) is 6.10. The van der Waals surface area contributed by atoms with E-state index in [1.54, 1.807) is 4.90 Å². The van der Waals surface area contributed by atoms with Gasteiger partial charge in [-0.15, -0.1) is 0 Å². The minimum atomic E-state index is -0.931. The number of likely N-dealkylation sites (tertiary alicyclic amines) is 1. The number of carbonyl (C=O) groups is 2. The highest BCUT2D eigenvalue weighted by atomic mass is 16.4. The van der Waals surface area contributed by atoms with Gasteiger partial charge in [0.05, 0.1) is 22.2 Å². The van der Waals surface area contributed by atoms with Crippen LogP contribution in [0, 0.1) is 12.8 Å². The molecule has 1 amide bonds. The molecule has 3 heterocycles. The van der Waals surface area contributed by atoms with Gasteiger partial charge < -0.3 is 10.0 Å². The van der Waals surface area contributed by atoms with Crippen molar-refractivity contribution < 1.29 is 14.7 Å². The molecule has 0 aromatic carbocycles. The second kappa shape index (κ2) is 6.82. The molecule has 0 radical (unpaired) electrons. The van der Waals surface area contributed by atoms with Crippen LogP contribution in [-0.4, -0.2) is 49.2 Å². The number of carboxylic acid groups (broad SMARTS) is 1. The van der Waals surface area contributed by atoms with Crippen molar-refractivity contribution in [1.29, 1.82) is 0 Å². The smallest absolute Gasteiger partial charge is 0.326 e. The second-order valence-electron chi connectivity index (χ2n) is 9.72. The third-order valence-electron chi connectivity index (χ3n) is 6.10. The number of carbonyl (C=O) groups excluding carboxylic acids is 1. The Bertz CT molecular complexity index is 984. The van der Waals surface area contributed by atoms with Crippen molar-refractivity contribution in [2.45, 2.75) is 77.8 Å². The number of piperidine rings is 1. The molecule has 0 bridgehead atoms. The zero-order chi connectivity index (χ0) is 21.1. The molecule has 2 unspecified atom stereocenters. The van der Waals surface area contributed by atoms with Crippen molar-refractivity contribution in [2.24, 2.45) is 5.92 Å². The molecule has 1 N–H and O–H groups in total. The topological polar surface area (TPSA) is 88.3 Å². The molecule has 156 valence electrons. The number of hydrogen-bond donors (Lipinski definition) is 1. The predicted octanol–water partition coefficient (Wildman–Crippen LogP) is 3.70. The van der Waals surface area contributed by atoms with E-state index >= 15 is 0 Å². The van der Waals surface area contributed by atoms with E-state index in [4.69, 9.17) is 10.1 Å². The number of fused-ring (bicyclic) bond motifs is 1. The Hall–Kier alpha value is -2.44. The summed E-state index contributed by atoms with van der Waals surface area (Å²) in [4.78, 5) is 31.9. The monoisotopic (exact) mass is 398 g/mol. The quantitative estimate of drug-likeness (QED) is 0.852. The van der Waals surface area contributed by atoms with Crippen LogP contribution in [0.15, 0.2) is 6.07 Å². The van der Waals surface area contributed by atoms with E-state index in [1.165, 1.54) is 0 Å². The van der Waals surface area contributed by atoms with Gasteiger partial charge in [-0.3, -0.25) is 4.79 Å². The van der Waals surface area contributed by atoms with Gasteiger partial charge in [-0.1, -0.05) is 6.92 Å². The minimum Gasteiger partial charge on any atom is -0.480 e. The Kier molecular flexibility index (Phi) is 4.67. The maximum absolute atomic E-state index is 13.6. The fraction of sp³-hybridized carbons (Fsp3) is 0.636. The first-order chi connectivity index (χ1) is 13.6. The average Bonchev–Trinajstić information content (AvgIpc) is 3.43. The highest BCUT2D eigenvalue weighted by Crippen LogP contribution is 2.41. The molecule has 4 rings (SSSR count). The lowest BCUT2D eigenvalue weighted by atomic mass is 9.91. The van der Waals surface area contributed by atoms with Gasteiger partial charge in [-0.25, -0.2) is 14.5 Å². The molecule has 1 saturated carbocycles. The number of rotatable bonds is 3. The summed E-state index contributed by atoms with van der Waals surface area (Å²) in [5.41, 5.74) is 2.67. The van der Waals surface area contributed by atoms with Crippen molar-refractivity contribution in [3.63, 3.8) is 0 Å². The van der Waals surface area contributed by atoms with Crippen molar-refractivity contribution in [3.05, 3.63) is 23.0 Å². The molecule has 1 aliphatic carbocycles. The molecule has 7 nitrogen and oxygen atoms in total. The van der Waals surface area contributed by atoms with Crippen LogP contribution in [-0.2, 0) is 10.3 Å². The summed E-state index contributed by atoms with van der Waals surface area (Å²) in [5, 5.41) is 15.2. The average molecular weight is 399 g/mol. The maximum atomic E-state index is 13.6. The van der Waals surface area contributed by atoms with E-state index in [0.29, 0.717) is 30.4 Å². The van der Waals surface area contributed by atoms with Gasteiger partial charge in [0.1, 0.15) is 6.04 Å². The van der Waals surface area contributed by atoms with Gasteiger partial charge in [0.2, 0.25) is 0 Å². The summed E-state index contributed by atoms with van der Waals surface area (Å²) in [6.07, 6.45) is 3.46. The summed E-state index contributed by atoms with van der Waals surface area (Å²) in [5.74, 6) is -0.467. The Morgan fingerprint density at radius 2 is 1.90 bits per heavy atom. The Morgan fingerprint density at radius 1 is 1.21 bits per heavy atom. The first-order valence-corrected chi connectivity index (χ1v) is 10.5. The van der Waals surface area contributed by atoms with Gasteiger partial charge in [0.25, 0.3) is 5.91 Å². The highest BCUT2D eigenvalue weighted by molar-refractivity contribution is 6.07. The lowest BCUT2D eigenvalue weighted by Crippen LogP contribution is -2.49. The van der Waals surface area contributed by atoms with Crippen LogP contribution >= 0.6 is 0 Å². The number of aliphatic carboxylic acids is 1. The molecular formula is C22H30N4O3. The van der Waals surface area contributed by atoms with Crippen LogP contribution in [0.4, 0.5) is 0 Å². The molecular weight excluding hydrogens is 368 g/mol. The van der Waals surface area contributed by atoms with Crippen LogP contribution in [0.1, 0.15) is 81.0 Å².